The van der Waals surface area contributed by atoms with Crippen molar-refractivity contribution in [2.24, 2.45) is 0 Å². The molecule has 1 N–H and O–H groups in total. The lowest BCUT2D eigenvalue weighted by molar-refractivity contribution is 0.955. The number of aryl methyl sites for hydroxylation is 1. The monoisotopic (exact) mass is 302 g/mol. The molecule has 0 aliphatic carbocycles. The lowest BCUT2D eigenvalue weighted by atomic mass is 10.2. The molecule has 0 aliphatic rings. The van der Waals surface area contributed by atoms with Gasteiger partial charge in [0.15, 0.2) is 0 Å². The Labute approximate surface area is 114 Å². The van der Waals surface area contributed by atoms with Crippen LogP contribution in [0.1, 0.15) is 17.1 Å². The minimum atomic E-state index is 0.564. The fourth-order valence-corrected chi connectivity index (χ4v) is 1.91. The summed E-state index contributed by atoms with van der Waals surface area (Å²) in [6.07, 6.45) is 1.73. The first kappa shape index (κ1) is 12.5. The number of hydrogen-bond acceptors (Lipinski definition) is 4. The molecule has 0 fully saturated rings. The highest BCUT2D eigenvalue weighted by Gasteiger charge is 2.03. The SMILES string of the molecule is Cc1nccc(CNc2cc(Br)ccc2C#N)n1. The minimum Gasteiger partial charge on any atom is -0.378 e. The van der Waals surface area contributed by atoms with Gasteiger partial charge in [-0.15, -0.1) is 0 Å². The molecule has 18 heavy (non-hydrogen) atoms. The maximum absolute atomic E-state index is 9.02. The maximum atomic E-state index is 9.02. The summed E-state index contributed by atoms with van der Waals surface area (Å²) in [5.41, 5.74) is 2.30. The van der Waals surface area contributed by atoms with Gasteiger partial charge in [0.05, 0.1) is 23.5 Å². The van der Waals surface area contributed by atoms with Crippen molar-refractivity contribution in [3.63, 3.8) is 0 Å². The fourth-order valence-electron chi connectivity index (χ4n) is 1.55. The molecule has 1 aromatic carbocycles. The van der Waals surface area contributed by atoms with Gasteiger partial charge in [0.1, 0.15) is 11.9 Å². The number of anilines is 1. The molecule has 0 saturated carbocycles. The first-order chi connectivity index (χ1) is 8.69. The van der Waals surface area contributed by atoms with Crippen molar-refractivity contribution in [2.75, 3.05) is 5.32 Å². The average molecular weight is 303 g/mol. The van der Waals surface area contributed by atoms with Crippen LogP contribution in [0, 0.1) is 18.3 Å². The molecule has 0 bridgehead atoms. The third kappa shape index (κ3) is 3.05. The largest absolute Gasteiger partial charge is 0.378 e. The van der Waals surface area contributed by atoms with E-state index < -0.39 is 0 Å². The van der Waals surface area contributed by atoms with Gasteiger partial charge in [-0.2, -0.15) is 5.26 Å². The van der Waals surface area contributed by atoms with Gasteiger partial charge in [-0.05, 0) is 31.2 Å². The summed E-state index contributed by atoms with van der Waals surface area (Å²) in [5, 5.41) is 12.2. The molecule has 0 saturated heterocycles. The van der Waals surface area contributed by atoms with E-state index >= 15 is 0 Å². The Morgan fingerprint density at radius 3 is 2.94 bits per heavy atom. The van der Waals surface area contributed by atoms with Crippen molar-refractivity contribution in [1.29, 1.82) is 5.26 Å². The predicted octanol–water partition coefficient (Wildman–Crippen LogP) is 3.03. The van der Waals surface area contributed by atoms with E-state index in [4.69, 9.17) is 5.26 Å². The summed E-state index contributed by atoms with van der Waals surface area (Å²) >= 11 is 3.39. The number of rotatable bonds is 3. The van der Waals surface area contributed by atoms with Crippen LogP contribution >= 0.6 is 15.9 Å². The van der Waals surface area contributed by atoms with E-state index in [-0.39, 0.29) is 0 Å². The van der Waals surface area contributed by atoms with Crippen LogP contribution < -0.4 is 5.32 Å². The number of halogens is 1. The molecule has 0 unspecified atom stereocenters. The van der Waals surface area contributed by atoms with Gasteiger partial charge in [-0.25, -0.2) is 9.97 Å². The molecule has 0 amide bonds. The van der Waals surface area contributed by atoms with Crippen molar-refractivity contribution in [3.8, 4) is 6.07 Å². The molecule has 1 heterocycles. The van der Waals surface area contributed by atoms with Crippen LogP contribution in [0.4, 0.5) is 5.69 Å². The van der Waals surface area contributed by atoms with Crippen LogP contribution in [0.2, 0.25) is 0 Å². The summed E-state index contributed by atoms with van der Waals surface area (Å²) in [7, 11) is 0. The van der Waals surface area contributed by atoms with Crippen LogP contribution in [0.3, 0.4) is 0 Å². The van der Waals surface area contributed by atoms with E-state index in [9.17, 15) is 0 Å². The first-order valence-electron chi connectivity index (χ1n) is 5.41. The Bertz CT molecular complexity index is 604. The van der Waals surface area contributed by atoms with Gasteiger partial charge in [0.2, 0.25) is 0 Å². The number of nitriles is 1. The highest BCUT2D eigenvalue weighted by Crippen LogP contribution is 2.21. The van der Waals surface area contributed by atoms with E-state index in [0.29, 0.717) is 12.1 Å². The molecule has 2 rings (SSSR count). The molecule has 2 aromatic rings. The molecular weight excluding hydrogens is 292 g/mol. The molecule has 0 aliphatic heterocycles. The van der Waals surface area contributed by atoms with Crippen LogP contribution in [-0.4, -0.2) is 9.97 Å². The summed E-state index contributed by atoms with van der Waals surface area (Å²) in [4.78, 5) is 8.34. The van der Waals surface area contributed by atoms with Crippen molar-refractivity contribution in [1.82, 2.24) is 9.97 Å². The Morgan fingerprint density at radius 1 is 1.39 bits per heavy atom. The predicted molar refractivity (Wildman–Crippen MR) is 73.0 cm³/mol. The number of benzene rings is 1. The van der Waals surface area contributed by atoms with Gasteiger partial charge in [0.25, 0.3) is 0 Å². The molecule has 4 nitrogen and oxygen atoms in total. The second-order valence-electron chi connectivity index (χ2n) is 3.75. The zero-order valence-electron chi connectivity index (χ0n) is 9.81. The summed E-state index contributed by atoms with van der Waals surface area (Å²) in [5.74, 6) is 0.740. The molecule has 0 atom stereocenters. The Kier molecular flexibility index (Phi) is 3.90. The Balaban J connectivity index is 2.15. The fraction of sp³-hybridized carbons (Fsp3) is 0.154. The van der Waals surface area contributed by atoms with Crippen molar-refractivity contribution >= 4 is 21.6 Å². The zero-order valence-corrected chi connectivity index (χ0v) is 11.4. The van der Waals surface area contributed by atoms with Gasteiger partial charge >= 0.3 is 0 Å². The number of aromatic nitrogens is 2. The van der Waals surface area contributed by atoms with Crippen molar-refractivity contribution < 1.29 is 0 Å². The highest BCUT2D eigenvalue weighted by molar-refractivity contribution is 9.10. The number of nitrogens with one attached hydrogen (secondary N) is 1. The molecular formula is C13H11BrN4. The van der Waals surface area contributed by atoms with E-state index in [2.05, 4.69) is 37.3 Å². The van der Waals surface area contributed by atoms with E-state index in [0.717, 1.165) is 21.7 Å². The molecule has 0 spiro atoms. The highest BCUT2D eigenvalue weighted by atomic mass is 79.9. The molecule has 90 valence electrons. The van der Waals surface area contributed by atoms with Crippen molar-refractivity contribution in [3.05, 3.63) is 52.0 Å². The van der Waals surface area contributed by atoms with Gasteiger partial charge in [-0.1, -0.05) is 15.9 Å². The lowest BCUT2D eigenvalue weighted by Gasteiger charge is -2.08. The third-order valence-electron chi connectivity index (χ3n) is 2.40. The van der Waals surface area contributed by atoms with E-state index in [1.807, 2.05) is 25.1 Å². The average Bonchev–Trinajstić information content (AvgIpc) is 2.37. The van der Waals surface area contributed by atoms with E-state index in [1.54, 1.807) is 12.3 Å². The van der Waals surface area contributed by atoms with Gasteiger partial charge in [-0.3, -0.25) is 0 Å². The van der Waals surface area contributed by atoms with E-state index in [1.165, 1.54) is 0 Å². The second-order valence-corrected chi connectivity index (χ2v) is 4.67. The summed E-state index contributed by atoms with van der Waals surface area (Å²) in [6.45, 7) is 2.41. The Morgan fingerprint density at radius 2 is 2.22 bits per heavy atom. The van der Waals surface area contributed by atoms with Crippen LogP contribution in [0.5, 0.6) is 0 Å². The molecule has 0 radical (unpaired) electrons. The third-order valence-corrected chi connectivity index (χ3v) is 2.89. The van der Waals surface area contributed by atoms with Gasteiger partial charge in [0, 0.05) is 10.7 Å². The van der Waals surface area contributed by atoms with Crippen LogP contribution in [-0.2, 0) is 6.54 Å². The normalized spacial score (nSPS) is 9.83. The maximum Gasteiger partial charge on any atom is 0.125 e. The van der Waals surface area contributed by atoms with Crippen molar-refractivity contribution in [2.45, 2.75) is 13.5 Å². The standard InChI is InChI=1S/C13H11BrN4/c1-9-16-5-4-12(18-9)8-17-13-6-11(14)3-2-10(13)7-15/h2-6,17H,8H2,1H3. The number of nitrogens with zero attached hydrogens (tertiary/aromatic N) is 3. The molecule has 5 heteroatoms. The first-order valence-corrected chi connectivity index (χ1v) is 6.20. The van der Waals surface area contributed by atoms with Gasteiger partial charge < -0.3 is 5.32 Å². The number of hydrogen-bond donors (Lipinski definition) is 1. The lowest BCUT2D eigenvalue weighted by Crippen LogP contribution is -2.04. The summed E-state index contributed by atoms with van der Waals surface area (Å²) in [6, 6.07) is 9.51. The quantitative estimate of drug-likeness (QED) is 0.946. The van der Waals surface area contributed by atoms with Crippen LogP contribution in [0.25, 0.3) is 0 Å². The molecule has 1 aromatic heterocycles. The Hall–Kier alpha value is -1.93. The minimum absolute atomic E-state index is 0.564. The zero-order chi connectivity index (χ0) is 13.0. The van der Waals surface area contributed by atoms with Crippen LogP contribution in [0.15, 0.2) is 34.9 Å². The second kappa shape index (κ2) is 5.61. The topological polar surface area (TPSA) is 61.6 Å². The summed E-state index contributed by atoms with van der Waals surface area (Å²) < 4.78 is 0.933. The smallest absolute Gasteiger partial charge is 0.125 e.